The molecule has 3 rings (SSSR count). The van der Waals surface area contributed by atoms with Gasteiger partial charge in [0.15, 0.2) is 9.84 Å². The molecule has 1 aromatic heterocycles. The fourth-order valence-electron chi connectivity index (χ4n) is 4.30. The molecule has 0 saturated carbocycles. The number of hydrogen-bond donors (Lipinski definition) is 0. The molecule has 0 bridgehead atoms. The monoisotopic (exact) mass is 461 g/mol. The minimum absolute atomic E-state index is 0.0325. The zero-order chi connectivity index (χ0) is 23.3. The average molecular weight is 462 g/mol. The fourth-order valence-corrected chi connectivity index (χ4v) is 5.07. The molecule has 1 aliphatic heterocycles. The number of hydrogen-bond acceptors (Lipinski definition) is 5. The number of aromatic nitrogens is 2. The van der Waals surface area contributed by atoms with Gasteiger partial charge in [0.2, 0.25) is 5.91 Å². The molecule has 0 fully saturated rings. The molecule has 0 spiro atoms. The van der Waals surface area contributed by atoms with Crippen molar-refractivity contribution >= 4 is 15.7 Å². The second-order valence-electron chi connectivity index (χ2n) is 8.35. The van der Waals surface area contributed by atoms with Gasteiger partial charge in [-0.3, -0.25) is 4.79 Å². The number of imidazole rings is 1. The third-order valence-corrected chi connectivity index (χ3v) is 7.86. The van der Waals surface area contributed by atoms with Crippen molar-refractivity contribution in [1.82, 2.24) is 14.5 Å². The van der Waals surface area contributed by atoms with Gasteiger partial charge in [-0.15, -0.1) is 0 Å². The van der Waals surface area contributed by atoms with Gasteiger partial charge in [-0.05, 0) is 44.4 Å². The number of sulfone groups is 1. The van der Waals surface area contributed by atoms with Gasteiger partial charge in [-0.2, -0.15) is 0 Å². The number of aryl methyl sites for hydroxylation is 1. The van der Waals surface area contributed by atoms with Crippen molar-refractivity contribution in [2.24, 2.45) is 0 Å². The van der Waals surface area contributed by atoms with E-state index in [4.69, 9.17) is 9.72 Å². The van der Waals surface area contributed by atoms with E-state index in [1.54, 1.807) is 11.8 Å². The quantitative estimate of drug-likeness (QED) is 0.540. The normalized spacial score (nSPS) is 14.6. The van der Waals surface area contributed by atoms with Crippen LogP contribution in [0.2, 0.25) is 0 Å². The topological polar surface area (TPSA) is 81.5 Å². The molecule has 0 radical (unpaired) electrons. The molecule has 2 aromatic rings. The smallest absolute Gasteiger partial charge is 0.220 e. The summed E-state index contributed by atoms with van der Waals surface area (Å²) in [6, 6.07) is 7.80. The van der Waals surface area contributed by atoms with E-state index < -0.39 is 9.84 Å². The van der Waals surface area contributed by atoms with Crippen LogP contribution >= 0.6 is 0 Å². The Labute approximate surface area is 191 Å². The van der Waals surface area contributed by atoms with Crippen LogP contribution in [0.4, 0.5) is 0 Å². The van der Waals surface area contributed by atoms with Crippen molar-refractivity contribution in [1.29, 1.82) is 0 Å². The lowest BCUT2D eigenvalue weighted by Crippen LogP contribution is -2.36. The Balaban J connectivity index is 1.92. The molecular weight excluding hydrogens is 426 g/mol. The molecule has 1 unspecified atom stereocenters. The minimum atomic E-state index is -3.16. The zero-order valence-corrected chi connectivity index (χ0v) is 20.5. The van der Waals surface area contributed by atoms with Crippen LogP contribution in [0.5, 0.6) is 5.75 Å². The Hall–Kier alpha value is -2.35. The van der Waals surface area contributed by atoms with Crippen molar-refractivity contribution in [2.45, 2.75) is 66.0 Å². The Morgan fingerprint density at radius 1 is 1.22 bits per heavy atom. The molecule has 1 amide bonds. The summed E-state index contributed by atoms with van der Waals surface area (Å²) in [5, 5.41) is 0. The van der Waals surface area contributed by atoms with E-state index in [-0.39, 0.29) is 30.0 Å². The average Bonchev–Trinajstić information content (AvgIpc) is 3.13. The van der Waals surface area contributed by atoms with Gasteiger partial charge in [0.1, 0.15) is 11.6 Å². The van der Waals surface area contributed by atoms with Crippen molar-refractivity contribution in [3.63, 3.8) is 0 Å². The van der Waals surface area contributed by atoms with Crippen molar-refractivity contribution in [2.75, 3.05) is 24.7 Å². The first-order valence-electron chi connectivity index (χ1n) is 11.5. The summed E-state index contributed by atoms with van der Waals surface area (Å²) in [6.45, 7) is 8.78. The first kappa shape index (κ1) is 24.3. The standard InChI is InChI=1S/C24H35N3O4S/c1-5-31-21-12-10-20(11-13-21)17-22-24(25-23-9-7-8-14-27(22)23)18(3)26(19(4)28)15-16-32(29,30)6-2/h10-13,18H,5-9,14-17H2,1-4H3. The number of rotatable bonds is 10. The largest absolute Gasteiger partial charge is 0.494 e. The molecule has 176 valence electrons. The Kier molecular flexibility index (Phi) is 7.98. The zero-order valence-electron chi connectivity index (χ0n) is 19.6. The van der Waals surface area contributed by atoms with E-state index in [0.29, 0.717) is 13.0 Å². The summed E-state index contributed by atoms with van der Waals surface area (Å²) in [6.07, 6.45) is 3.85. The number of nitrogens with zero attached hydrogens (tertiary/aromatic N) is 3. The lowest BCUT2D eigenvalue weighted by Gasteiger charge is -2.28. The van der Waals surface area contributed by atoms with Gasteiger partial charge in [0.05, 0.1) is 24.1 Å². The summed E-state index contributed by atoms with van der Waals surface area (Å²) in [5.74, 6) is 1.81. The van der Waals surface area contributed by atoms with E-state index in [1.165, 1.54) is 6.92 Å². The lowest BCUT2D eigenvalue weighted by atomic mass is 10.0. The van der Waals surface area contributed by atoms with Crippen LogP contribution in [0.15, 0.2) is 24.3 Å². The van der Waals surface area contributed by atoms with Gasteiger partial charge in [-0.25, -0.2) is 13.4 Å². The molecule has 1 atom stereocenters. The molecule has 1 aromatic carbocycles. The number of benzene rings is 1. The van der Waals surface area contributed by atoms with Crippen LogP contribution in [0.1, 0.15) is 69.4 Å². The summed E-state index contributed by atoms with van der Waals surface area (Å²) < 4.78 is 32.0. The molecule has 1 aliphatic rings. The maximum atomic E-state index is 12.5. The summed E-state index contributed by atoms with van der Waals surface area (Å²) in [7, 11) is -3.16. The Bertz CT molecular complexity index is 1030. The highest BCUT2D eigenvalue weighted by atomic mass is 32.2. The number of amides is 1. The van der Waals surface area contributed by atoms with Crippen LogP contribution < -0.4 is 4.74 Å². The molecule has 0 N–H and O–H groups in total. The van der Waals surface area contributed by atoms with Crippen molar-refractivity contribution in [3.05, 3.63) is 47.0 Å². The van der Waals surface area contributed by atoms with E-state index >= 15 is 0 Å². The number of carbonyl (C=O) groups is 1. The number of fused-ring (bicyclic) bond motifs is 1. The second kappa shape index (κ2) is 10.5. The van der Waals surface area contributed by atoms with E-state index in [2.05, 4.69) is 16.7 Å². The molecule has 7 nitrogen and oxygen atoms in total. The molecule has 32 heavy (non-hydrogen) atoms. The first-order valence-corrected chi connectivity index (χ1v) is 13.3. The molecule has 0 aliphatic carbocycles. The van der Waals surface area contributed by atoms with E-state index in [1.807, 2.05) is 26.0 Å². The van der Waals surface area contributed by atoms with Gasteiger partial charge < -0.3 is 14.2 Å². The maximum absolute atomic E-state index is 12.5. The maximum Gasteiger partial charge on any atom is 0.220 e. The minimum Gasteiger partial charge on any atom is -0.494 e. The number of ether oxygens (including phenoxy) is 1. The van der Waals surface area contributed by atoms with Gasteiger partial charge >= 0.3 is 0 Å². The lowest BCUT2D eigenvalue weighted by molar-refractivity contribution is -0.130. The van der Waals surface area contributed by atoms with Crippen LogP contribution in [-0.4, -0.2) is 53.4 Å². The number of carbonyl (C=O) groups excluding carboxylic acids is 1. The molecule has 0 saturated heterocycles. The first-order chi connectivity index (χ1) is 15.3. The van der Waals surface area contributed by atoms with Gasteiger partial charge in [0.25, 0.3) is 0 Å². The van der Waals surface area contributed by atoms with Crippen LogP contribution in [0, 0.1) is 0 Å². The summed E-state index contributed by atoms with van der Waals surface area (Å²) in [4.78, 5) is 19.1. The van der Waals surface area contributed by atoms with Crippen molar-refractivity contribution < 1.29 is 17.9 Å². The third kappa shape index (κ3) is 5.71. The second-order valence-corrected chi connectivity index (χ2v) is 10.8. The van der Waals surface area contributed by atoms with Crippen LogP contribution in [0.3, 0.4) is 0 Å². The Morgan fingerprint density at radius 3 is 2.56 bits per heavy atom. The Morgan fingerprint density at radius 2 is 1.94 bits per heavy atom. The predicted octanol–water partition coefficient (Wildman–Crippen LogP) is 3.55. The van der Waals surface area contributed by atoms with Crippen LogP contribution in [0.25, 0.3) is 0 Å². The molecule has 8 heteroatoms. The highest BCUT2D eigenvalue weighted by Crippen LogP contribution is 2.30. The van der Waals surface area contributed by atoms with E-state index in [0.717, 1.165) is 54.3 Å². The predicted molar refractivity (Wildman–Crippen MR) is 126 cm³/mol. The van der Waals surface area contributed by atoms with Crippen LogP contribution in [-0.2, 0) is 34.0 Å². The summed E-state index contributed by atoms with van der Waals surface area (Å²) >= 11 is 0. The highest BCUT2D eigenvalue weighted by Gasteiger charge is 2.28. The third-order valence-electron chi connectivity index (χ3n) is 6.17. The molecular formula is C24H35N3O4S. The summed E-state index contributed by atoms with van der Waals surface area (Å²) in [5.41, 5.74) is 3.14. The van der Waals surface area contributed by atoms with Crippen molar-refractivity contribution in [3.8, 4) is 5.75 Å². The van der Waals surface area contributed by atoms with E-state index in [9.17, 15) is 13.2 Å². The highest BCUT2D eigenvalue weighted by molar-refractivity contribution is 7.91. The fraction of sp³-hybridized carbons (Fsp3) is 0.583. The van der Waals surface area contributed by atoms with Gasteiger partial charge in [-0.1, -0.05) is 19.1 Å². The van der Waals surface area contributed by atoms with Gasteiger partial charge in [0, 0.05) is 44.3 Å². The SMILES string of the molecule is CCOc1ccc(Cc2c(C(C)N(CCS(=O)(=O)CC)C(C)=O)nc3n2CCCC3)cc1. The molecule has 2 heterocycles.